The lowest BCUT2D eigenvalue weighted by atomic mass is 10.3. The van der Waals surface area contributed by atoms with Crippen molar-refractivity contribution in [2.75, 3.05) is 7.11 Å². The van der Waals surface area contributed by atoms with Gasteiger partial charge in [0.05, 0.1) is 18.3 Å². The van der Waals surface area contributed by atoms with Gasteiger partial charge in [0.15, 0.2) is 0 Å². The molecule has 2 rings (SSSR count). The smallest absolute Gasteiger partial charge is 0.317 e. The minimum atomic E-state index is 0.387. The third-order valence-electron chi connectivity index (χ3n) is 1.79. The molecule has 4 heteroatoms. The quantitative estimate of drug-likeness (QED) is 0.717. The van der Waals surface area contributed by atoms with Gasteiger partial charge in [0, 0.05) is 6.20 Å². The van der Waals surface area contributed by atoms with Gasteiger partial charge in [0.2, 0.25) is 0 Å². The van der Waals surface area contributed by atoms with Crippen molar-refractivity contribution >= 4 is 11.0 Å². The average Bonchev–Trinajstić information content (AvgIpc) is 2.31. The molecule has 15 heavy (non-hydrogen) atoms. The van der Waals surface area contributed by atoms with Gasteiger partial charge in [0.25, 0.3) is 0 Å². The van der Waals surface area contributed by atoms with Crippen LogP contribution in [0.5, 0.6) is 6.01 Å². The SMILES string of the molecule is CC.COc1nc(C)c2ncccc2n1. The van der Waals surface area contributed by atoms with E-state index in [0.717, 1.165) is 16.7 Å². The van der Waals surface area contributed by atoms with E-state index in [1.807, 2.05) is 32.9 Å². The molecule has 0 aromatic carbocycles. The van der Waals surface area contributed by atoms with Crippen molar-refractivity contribution in [2.24, 2.45) is 0 Å². The first-order valence-electron chi connectivity index (χ1n) is 4.94. The lowest BCUT2D eigenvalue weighted by molar-refractivity contribution is 0.381. The fourth-order valence-corrected chi connectivity index (χ4v) is 1.18. The molecule has 0 radical (unpaired) electrons. The summed E-state index contributed by atoms with van der Waals surface area (Å²) in [6.45, 7) is 5.89. The van der Waals surface area contributed by atoms with Crippen LogP contribution in [0.2, 0.25) is 0 Å². The molecule has 0 fully saturated rings. The molecule has 0 saturated heterocycles. The molecule has 4 nitrogen and oxygen atoms in total. The Morgan fingerprint density at radius 1 is 1.20 bits per heavy atom. The highest BCUT2D eigenvalue weighted by Gasteiger charge is 2.03. The van der Waals surface area contributed by atoms with E-state index in [1.54, 1.807) is 13.3 Å². The number of hydrogen-bond acceptors (Lipinski definition) is 4. The number of hydrogen-bond donors (Lipinski definition) is 0. The Kier molecular flexibility index (Phi) is 3.97. The van der Waals surface area contributed by atoms with Gasteiger partial charge in [-0.1, -0.05) is 13.8 Å². The summed E-state index contributed by atoms with van der Waals surface area (Å²) < 4.78 is 4.95. The van der Waals surface area contributed by atoms with Crippen molar-refractivity contribution < 1.29 is 4.74 Å². The molecular weight excluding hydrogens is 190 g/mol. The van der Waals surface area contributed by atoms with Crippen molar-refractivity contribution in [1.82, 2.24) is 15.0 Å². The highest BCUT2D eigenvalue weighted by molar-refractivity contribution is 5.76. The molecular formula is C11H15N3O. The molecule has 2 heterocycles. The summed E-state index contributed by atoms with van der Waals surface area (Å²) in [6.07, 6.45) is 1.73. The highest BCUT2D eigenvalue weighted by Crippen LogP contribution is 2.14. The fraction of sp³-hybridized carbons (Fsp3) is 0.364. The van der Waals surface area contributed by atoms with Gasteiger partial charge in [-0.15, -0.1) is 0 Å². The number of nitrogens with zero attached hydrogens (tertiary/aromatic N) is 3. The monoisotopic (exact) mass is 205 g/mol. The summed E-state index contributed by atoms with van der Waals surface area (Å²) in [7, 11) is 1.55. The van der Waals surface area contributed by atoms with Gasteiger partial charge in [-0.25, -0.2) is 0 Å². The molecule has 0 aliphatic rings. The molecule has 0 atom stereocenters. The van der Waals surface area contributed by atoms with E-state index in [9.17, 15) is 0 Å². The van der Waals surface area contributed by atoms with Gasteiger partial charge in [-0.2, -0.15) is 9.97 Å². The lowest BCUT2D eigenvalue weighted by Crippen LogP contribution is -1.96. The van der Waals surface area contributed by atoms with E-state index in [1.165, 1.54) is 0 Å². The number of methoxy groups -OCH3 is 1. The third kappa shape index (κ3) is 2.40. The molecule has 0 saturated carbocycles. The average molecular weight is 205 g/mol. The molecule has 0 amide bonds. The zero-order chi connectivity index (χ0) is 11.3. The standard InChI is InChI=1S/C9H9N3O.C2H6/c1-6-8-7(4-3-5-10-8)12-9(11-6)13-2;1-2/h3-5H,1-2H3;1-2H3. The van der Waals surface area contributed by atoms with Crippen LogP contribution in [0.4, 0.5) is 0 Å². The van der Waals surface area contributed by atoms with Crippen LogP contribution in [0.15, 0.2) is 18.3 Å². The molecule has 0 bridgehead atoms. The fourth-order valence-electron chi connectivity index (χ4n) is 1.18. The minimum Gasteiger partial charge on any atom is -0.467 e. The Morgan fingerprint density at radius 2 is 1.93 bits per heavy atom. The van der Waals surface area contributed by atoms with Crippen LogP contribution in [0, 0.1) is 6.92 Å². The zero-order valence-corrected chi connectivity index (χ0v) is 9.48. The maximum Gasteiger partial charge on any atom is 0.317 e. The van der Waals surface area contributed by atoms with E-state index in [0.29, 0.717) is 6.01 Å². The van der Waals surface area contributed by atoms with Crippen LogP contribution in [-0.2, 0) is 0 Å². The van der Waals surface area contributed by atoms with Gasteiger partial charge in [-0.3, -0.25) is 4.98 Å². The van der Waals surface area contributed by atoms with Crippen molar-refractivity contribution in [3.05, 3.63) is 24.0 Å². The van der Waals surface area contributed by atoms with Gasteiger partial charge < -0.3 is 4.74 Å². The summed E-state index contributed by atoms with van der Waals surface area (Å²) in [6, 6.07) is 4.12. The van der Waals surface area contributed by atoms with Crippen molar-refractivity contribution in [1.29, 1.82) is 0 Å². The third-order valence-corrected chi connectivity index (χ3v) is 1.79. The number of pyridine rings is 1. The summed E-state index contributed by atoms with van der Waals surface area (Å²) in [4.78, 5) is 12.5. The van der Waals surface area contributed by atoms with Crippen LogP contribution in [0.25, 0.3) is 11.0 Å². The van der Waals surface area contributed by atoms with E-state index in [-0.39, 0.29) is 0 Å². The largest absolute Gasteiger partial charge is 0.467 e. The minimum absolute atomic E-state index is 0.387. The summed E-state index contributed by atoms with van der Waals surface area (Å²) in [5.41, 5.74) is 2.47. The van der Waals surface area contributed by atoms with E-state index in [4.69, 9.17) is 4.74 Å². The molecule has 0 aliphatic carbocycles. The van der Waals surface area contributed by atoms with Gasteiger partial charge in [-0.05, 0) is 19.1 Å². The molecule has 2 aromatic heterocycles. The second kappa shape index (κ2) is 5.24. The van der Waals surface area contributed by atoms with E-state index >= 15 is 0 Å². The number of aryl methyl sites for hydroxylation is 1. The highest BCUT2D eigenvalue weighted by atomic mass is 16.5. The van der Waals surface area contributed by atoms with E-state index < -0.39 is 0 Å². The Hall–Kier alpha value is -1.71. The predicted octanol–water partition coefficient (Wildman–Crippen LogP) is 2.37. The number of ether oxygens (including phenoxy) is 1. The van der Waals surface area contributed by atoms with Crippen molar-refractivity contribution in [3.63, 3.8) is 0 Å². The Bertz CT molecular complexity index is 443. The Balaban J connectivity index is 0.000000531. The van der Waals surface area contributed by atoms with Gasteiger partial charge in [0.1, 0.15) is 5.52 Å². The summed E-state index contributed by atoms with van der Waals surface area (Å²) in [5, 5.41) is 0. The number of rotatable bonds is 1. The number of aromatic nitrogens is 3. The first kappa shape index (κ1) is 11.4. The maximum atomic E-state index is 4.95. The first-order valence-corrected chi connectivity index (χ1v) is 4.94. The summed E-state index contributed by atoms with van der Waals surface area (Å²) in [5.74, 6) is 0. The Morgan fingerprint density at radius 3 is 2.60 bits per heavy atom. The summed E-state index contributed by atoms with van der Waals surface area (Å²) >= 11 is 0. The normalized spacial score (nSPS) is 9.33. The van der Waals surface area contributed by atoms with Crippen LogP contribution < -0.4 is 4.74 Å². The molecule has 2 aromatic rings. The van der Waals surface area contributed by atoms with Crippen molar-refractivity contribution in [3.8, 4) is 6.01 Å². The number of fused-ring (bicyclic) bond motifs is 1. The van der Waals surface area contributed by atoms with Crippen LogP contribution in [0.3, 0.4) is 0 Å². The second-order valence-corrected chi connectivity index (χ2v) is 2.67. The lowest BCUT2D eigenvalue weighted by Gasteiger charge is -2.01. The van der Waals surface area contributed by atoms with Crippen LogP contribution in [-0.4, -0.2) is 22.1 Å². The van der Waals surface area contributed by atoms with Crippen LogP contribution >= 0.6 is 0 Å². The first-order chi connectivity index (χ1) is 7.31. The molecule has 0 aliphatic heterocycles. The van der Waals surface area contributed by atoms with E-state index in [2.05, 4.69) is 15.0 Å². The predicted molar refractivity (Wildman–Crippen MR) is 60.0 cm³/mol. The molecule has 0 spiro atoms. The Labute approximate surface area is 89.4 Å². The molecule has 0 unspecified atom stereocenters. The van der Waals surface area contributed by atoms with Crippen LogP contribution in [0.1, 0.15) is 19.5 Å². The maximum absolute atomic E-state index is 4.95. The molecule has 80 valence electrons. The van der Waals surface area contributed by atoms with Gasteiger partial charge >= 0.3 is 6.01 Å². The second-order valence-electron chi connectivity index (χ2n) is 2.67. The van der Waals surface area contributed by atoms with Crippen molar-refractivity contribution in [2.45, 2.75) is 20.8 Å². The molecule has 0 N–H and O–H groups in total. The topological polar surface area (TPSA) is 47.9 Å². The zero-order valence-electron chi connectivity index (χ0n) is 9.48.